The van der Waals surface area contributed by atoms with Crippen molar-refractivity contribution >= 4 is 17.7 Å². The summed E-state index contributed by atoms with van der Waals surface area (Å²) in [5.74, 6) is -1.30. The number of nitrogens with one attached hydrogen (secondary N) is 2. The maximum Gasteiger partial charge on any atom is 0.230 e. The summed E-state index contributed by atoms with van der Waals surface area (Å²) in [5.41, 5.74) is 5.33. The van der Waals surface area contributed by atoms with Crippen molar-refractivity contribution in [3.63, 3.8) is 0 Å². The van der Waals surface area contributed by atoms with E-state index in [0.717, 1.165) is 25.6 Å². The molecule has 1 unspecified atom stereocenters. The lowest BCUT2D eigenvalue weighted by atomic mass is 9.99. The lowest BCUT2D eigenvalue weighted by Crippen LogP contribution is -2.37. The molecule has 1 amide bonds. The lowest BCUT2D eigenvalue weighted by Gasteiger charge is -2.21. The van der Waals surface area contributed by atoms with Gasteiger partial charge in [-0.3, -0.25) is 4.79 Å². The molecule has 4 N–H and O–H groups in total. The molecule has 0 aliphatic carbocycles. The zero-order valence-electron chi connectivity index (χ0n) is 9.24. The van der Waals surface area contributed by atoms with Gasteiger partial charge in [0.15, 0.2) is 11.6 Å². The highest BCUT2D eigenvalue weighted by atomic mass is 19.1. The molecule has 17 heavy (non-hydrogen) atoms. The third-order valence-corrected chi connectivity index (χ3v) is 2.67. The first-order chi connectivity index (χ1) is 8.16. The second-order valence-electron chi connectivity index (χ2n) is 3.96. The molecule has 0 spiro atoms. The minimum atomic E-state index is -0.684. The quantitative estimate of drug-likeness (QED) is 0.682. The van der Waals surface area contributed by atoms with Gasteiger partial charge in [0.25, 0.3) is 0 Å². The van der Waals surface area contributed by atoms with Crippen LogP contribution >= 0.6 is 0 Å². The maximum absolute atomic E-state index is 13.3. The first-order valence-electron chi connectivity index (χ1n) is 5.46. The summed E-state index contributed by atoms with van der Waals surface area (Å²) in [7, 11) is 0. The van der Waals surface area contributed by atoms with E-state index in [-0.39, 0.29) is 23.6 Å². The van der Waals surface area contributed by atoms with Crippen LogP contribution in [0.5, 0.6) is 0 Å². The first-order valence-corrected chi connectivity index (χ1v) is 5.46. The topological polar surface area (TPSA) is 92.9 Å². The zero-order chi connectivity index (χ0) is 12.3. The highest BCUT2D eigenvalue weighted by Crippen LogP contribution is 2.15. The number of piperidine rings is 1. The molecule has 0 radical (unpaired) electrons. The molecule has 2 rings (SSSR count). The molecule has 1 aromatic rings. The number of carbonyl (C=O) groups excluding carboxylic acids is 1. The molecule has 0 aromatic carbocycles. The summed E-state index contributed by atoms with van der Waals surface area (Å²) in [6.45, 7) is 1.52. The highest BCUT2D eigenvalue weighted by molar-refractivity contribution is 5.92. The van der Waals surface area contributed by atoms with Gasteiger partial charge in [-0.25, -0.2) is 9.37 Å². The fourth-order valence-corrected chi connectivity index (χ4v) is 1.76. The molecule has 1 atom stereocenters. The van der Waals surface area contributed by atoms with E-state index in [1.54, 1.807) is 0 Å². The van der Waals surface area contributed by atoms with Gasteiger partial charge in [-0.2, -0.15) is 4.98 Å². The number of hydrogen-bond donors (Lipinski definition) is 3. The van der Waals surface area contributed by atoms with Gasteiger partial charge in [0.05, 0.1) is 12.1 Å². The third kappa shape index (κ3) is 2.88. The van der Waals surface area contributed by atoms with Gasteiger partial charge in [0, 0.05) is 6.54 Å². The van der Waals surface area contributed by atoms with Crippen molar-refractivity contribution in [2.45, 2.75) is 12.8 Å². The van der Waals surface area contributed by atoms with Crippen LogP contribution in [0.1, 0.15) is 12.8 Å². The Bertz CT molecular complexity index is 419. The van der Waals surface area contributed by atoms with Crippen LogP contribution in [-0.4, -0.2) is 29.0 Å². The molecular formula is C10H14FN5O. The maximum atomic E-state index is 13.3. The van der Waals surface area contributed by atoms with Crippen LogP contribution in [0.15, 0.2) is 6.20 Å². The fraction of sp³-hybridized carbons (Fsp3) is 0.500. The number of carbonyl (C=O) groups is 1. The van der Waals surface area contributed by atoms with Gasteiger partial charge in [-0.15, -0.1) is 0 Å². The van der Waals surface area contributed by atoms with Gasteiger partial charge >= 0.3 is 0 Å². The largest absolute Gasteiger partial charge is 0.368 e. The standard InChI is InChI=1S/C10H14FN5O/c11-7-5-14-10(12)16-8(7)15-9(17)6-2-1-3-13-4-6/h5-6,13H,1-4H2,(H3,12,14,15,16,17). The molecule has 2 heterocycles. The molecule has 1 fully saturated rings. The van der Waals surface area contributed by atoms with E-state index < -0.39 is 5.82 Å². The predicted octanol–water partition coefficient (Wildman–Crippen LogP) is 0.136. The molecule has 0 bridgehead atoms. The van der Waals surface area contributed by atoms with Crippen LogP contribution in [-0.2, 0) is 4.79 Å². The number of nitrogens with zero attached hydrogens (tertiary/aromatic N) is 2. The number of nitrogen functional groups attached to an aromatic ring is 1. The van der Waals surface area contributed by atoms with E-state index in [9.17, 15) is 9.18 Å². The number of nitrogens with two attached hydrogens (primary N) is 1. The Morgan fingerprint density at radius 1 is 1.65 bits per heavy atom. The third-order valence-electron chi connectivity index (χ3n) is 2.67. The molecule has 1 aliphatic rings. The van der Waals surface area contributed by atoms with Crippen LogP contribution in [0.25, 0.3) is 0 Å². The van der Waals surface area contributed by atoms with Crippen molar-refractivity contribution in [3.05, 3.63) is 12.0 Å². The second kappa shape index (κ2) is 5.05. The number of hydrogen-bond acceptors (Lipinski definition) is 5. The number of anilines is 2. The minimum Gasteiger partial charge on any atom is -0.368 e. The van der Waals surface area contributed by atoms with E-state index in [4.69, 9.17) is 5.73 Å². The number of rotatable bonds is 2. The van der Waals surface area contributed by atoms with Crippen molar-refractivity contribution in [2.24, 2.45) is 5.92 Å². The van der Waals surface area contributed by atoms with Crippen molar-refractivity contribution in [1.82, 2.24) is 15.3 Å². The molecule has 1 saturated heterocycles. The van der Waals surface area contributed by atoms with E-state index in [0.29, 0.717) is 6.54 Å². The molecule has 7 heteroatoms. The van der Waals surface area contributed by atoms with Gasteiger partial charge in [0.2, 0.25) is 11.9 Å². The molecule has 1 aromatic heterocycles. The normalized spacial score (nSPS) is 19.9. The summed E-state index contributed by atoms with van der Waals surface area (Å²) in [5, 5.41) is 5.55. The van der Waals surface area contributed by atoms with E-state index in [2.05, 4.69) is 20.6 Å². The summed E-state index contributed by atoms with van der Waals surface area (Å²) in [6, 6.07) is 0. The monoisotopic (exact) mass is 239 g/mol. The van der Waals surface area contributed by atoms with Gasteiger partial charge in [-0.1, -0.05) is 0 Å². The van der Waals surface area contributed by atoms with E-state index >= 15 is 0 Å². The van der Waals surface area contributed by atoms with Crippen LogP contribution < -0.4 is 16.4 Å². The zero-order valence-corrected chi connectivity index (χ0v) is 9.24. The summed E-state index contributed by atoms with van der Waals surface area (Å²) < 4.78 is 13.3. The Hall–Kier alpha value is -1.76. The Morgan fingerprint density at radius 2 is 2.47 bits per heavy atom. The molecule has 0 saturated carbocycles. The minimum absolute atomic E-state index is 0.0662. The second-order valence-corrected chi connectivity index (χ2v) is 3.96. The van der Waals surface area contributed by atoms with Crippen LogP contribution in [0.4, 0.5) is 16.2 Å². The summed E-state index contributed by atoms with van der Waals surface area (Å²) >= 11 is 0. The predicted molar refractivity (Wildman–Crippen MR) is 60.6 cm³/mol. The van der Waals surface area contributed by atoms with Crippen molar-refractivity contribution in [3.8, 4) is 0 Å². The summed E-state index contributed by atoms with van der Waals surface area (Å²) in [6.07, 6.45) is 2.67. The Labute approximate surface area is 97.8 Å². The van der Waals surface area contributed by atoms with Crippen molar-refractivity contribution < 1.29 is 9.18 Å². The SMILES string of the molecule is Nc1ncc(F)c(NC(=O)C2CCCNC2)n1. The van der Waals surface area contributed by atoms with Gasteiger partial charge < -0.3 is 16.4 Å². The first kappa shape index (κ1) is 11.7. The van der Waals surface area contributed by atoms with Crippen LogP contribution in [0.2, 0.25) is 0 Å². The van der Waals surface area contributed by atoms with Crippen molar-refractivity contribution in [2.75, 3.05) is 24.1 Å². The summed E-state index contributed by atoms with van der Waals surface area (Å²) in [4.78, 5) is 18.9. The smallest absolute Gasteiger partial charge is 0.230 e. The molecule has 1 aliphatic heterocycles. The lowest BCUT2D eigenvalue weighted by molar-refractivity contribution is -0.120. The van der Waals surface area contributed by atoms with E-state index in [1.165, 1.54) is 0 Å². The number of halogens is 1. The molecule has 92 valence electrons. The van der Waals surface area contributed by atoms with Gasteiger partial charge in [-0.05, 0) is 19.4 Å². The fourth-order valence-electron chi connectivity index (χ4n) is 1.76. The number of amides is 1. The van der Waals surface area contributed by atoms with Crippen LogP contribution in [0, 0.1) is 11.7 Å². The highest BCUT2D eigenvalue weighted by Gasteiger charge is 2.22. The van der Waals surface area contributed by atoms with Crippen molar-refractivity contribution in [1.29, 1.82) is 0 Å². The van der Waals surface area contributed by atoms with Gasteiger partial charge in [0.1, 0.15) is 0 Å². The van der Waals surface area contributed by atoms with Crippen LogP contribution in [0.3, 0.4) is 0 Å². The Morgan fingerprint density at radius 3 is 3.18 bits per heavy atom. The average Bonchev–Trinajstić information content (AvgIpc) is 2.35. The molecule has 6 nitrogen and oxygen atoms in total. The van der Waals surface area contributed by atoms with E-state index in [1.807, 2.05) is 0 Å². The Balaban J connectivity index is 2.04. The Kier molecular flexibility index (Phi) is 3.48. The number of aromatic nitrogens is 2. The molecular weight excluding hydrogens is 225 g/mol. The average molecular weight is 239 g/mol.